The Kier molecular flexibility index (Phi) is 4.72. The first-order chi connectivity index (χ1) is 10.0. The largest absolute Gasteiger partial charge is 0.325 e. The highest BCUT2D eigenvalue weighted by molar-refractivity contribution is 5.96. The van der Waals surface area contributed by atoms with Gasteiger partial charge in [-0.3, -0.25) is 14.9 Å². The van der Waals surface area contributed by atoms with Gasteiger partial charge in [0, 0.05) is 18.1 Å². The molecule has 2 fully saturated rings. The van der Waals surface area contributed by atoms with Crippen LogP contribution < -0.4 is 10.6 Å². The van der Waals surface area contributed by atoms with Crippen LogP contribution in [0.1, 0.15) is 24.8 Å². The highest BCUT2D eigenvalue weighted by Crippen LogP contribution is 2.58. The van der Waals surface area contributed by atoms with Crippen LogP contribution in [0.4, 0.5) is 11.4 Å². The summed E-state index contributed by atoms with van der Waals surface area (Å²) in [4.78, 5) is 22.8. The predicted octanol–water partition coefficient (Wildman–Crippen LogP) is 2.65. The number of amides is 1. The molecule has 3 rings (SSSR count). The average molecular weight is 326 g/mol. The van der Waals surface area contributed by atoms with E-state index in [1.54, 1.807) is 6.07 Å². The SMILES string of the molecule is Cc1ccc([N+](=O)[O-])cc1NC(=O)C1CC12CCNCC2.Cl. The lowest BCUT2D eigenvalue weighted by atomic mass is 9.91. The Hall–Kier alpha value is -1.66. The summed E-state index contributed by atoms with van der Waals surface area (Å²) < 4.78 is 0. The van der Waals surface area contributed by atoms with E-state index >= 15 is 0 Å². The number of carbonyl (C=O) groups excluding carboxylic acids is 1. The van der Waals surface area contributed by atoms with Crippen molar-refractivity contribution >= 4 is 29.7 Å². The lowest BCUT2D eigenvalue weighted by Gasteiger charge is -2.23. The second-order valence-electron chi connectivity index (χ2n) is 6.11. The average Bonchev–Trinajstić information content (AvgIpc) is 3.15. The Morgan fingerprint density at radius 1 is 1.41 bits per heavy atom. The fourth-order valence-corrected chi connectivity index (χ4v) is 3.27. The van der Waals surface area contributed by atoms with Crippen LogP contribution in [-0.2, 0) is 4.79 Å². The molecule has 2 aliphatic rings. The molecular formula is C15H20ClN3O3. The number of nitro benzene ring substituents is 1. The van der Waals surface area contributed by atoms with Crippen molar-refractivity contribution in [1.82, 2.24) is 5.32 Å². The highest BCUT2D eigenvalue weighted by atomic mass is 35.5. The van der Waals surface area contributed by atoms with Crippen molar-refractivity contribution in [2.45, 2.75) is 26.2 Å². The standard InChI is InChI=1S/C15H19N3O3.ClH/c1-10-2-3-11(18(20)21)8-13(10)17-14(19)12-9-15(12)4-6-16-7-5-15;/h2-3,8,12,16H,4-7,9H2,1H3,(H,17,19);1H. The van der Waals surface area contributed by atoms with E-state index in [0.29, 0.717) is 5.69 Å². The minimum absolute atomic E-state index is 0. The van der Waals surface area contributed by atoms with Crippen molar-refractivity contribution in [3.8, 4) is 0 Å². The van der Waals surface area contributed by atoms with Crippen LogP contribution in [0.15, 0.2) is 18.2 Å². The quantitative estimate of drug-likeness (QED) is 0.661. The topological polar surface area (TPSA) is 84.3 Å². The molecule has 1 saturated carbocycles. The lowest BCUT2D eigenvalue weighted by Crippen LogP contribution is -2.31. The number of nitrogens with one attached hydrogen (secondary N) is 2. The van der Waals surface area contributed by atoms with E-state index in [4.69, 9.17) is 0 Å². The second kappa shape index (κ2) is 6.22. The molecule has 0 bridgehead atoms. The van der Waals surface area contributed by atoms with Gasteiger partial charge >= 0.3 is 0 Å². The molecule has 1 aromatic carbocycles. The normalized spacial score (nSPS) is 21.8. The maximum absolute atomic E-state index is 12.4. The van der Waals surface area contributed by atoms with Gasteiger partial charge in [-0.05, 0) is 50.3 Å². The maximum Gasteiger partial charge on any atom is 0.271 e. The number of hydrogen-bond acceptors (Lipinski definition) is 4. The molecule has 1 amide bonds. The Bertz CT molecular complexity index is 600. The van der Waals surface area contributed by atoms with E-state index in [0.717, 1.165) is 37.9 Å². The zero-order valence-electron chi connectivity index (χ0n) is 12.4. The van der Waals surface area contributed by atoms with E-state index in [1.807, 2.05) is 6.92 Å². The summed E-state index contributed by atoms with van der Waals surface area (Å²) in [5, 5.41) is 17.0. The van der Waals surface area contributed by atoms with Gasteiger partial charge in [0.05, 0.1) is 10.6 Å². The van der Waals surface area contributed by atoms with Gasteiger partial charge in [0.2, 0.25) is 5.91 Å². The van der Waals surface area contributed by atoms with E-state index in [1.165, 1.54) is 12.1 Å². The van der Waals surface area contributed by atoms with E-state index in [9.17, 15) is 14.9 Å². The van der Waals surface area contributed by atoms with Crippen molar-refractivity contribution in [3.63, 3.8) is 0 Å². The van der Waals surface area contributed by atoms with Crippen LogP contribution >= 0.6 is 12.4 Å². The first-order valence-corrected chi connectivity index (χ1v) is 7.28. The zero-order chi connectivity index (χ0) is 15.0. The second-order valence-corrected chi connectivity index (χ2v) is 6.11. The number of benzene rings is 1. The summed E-state index contributed by atoms with van der Waals surface area (Å²) in [6.07, 6.45) is 3.02. The van der Waals surface area contributed by atoms with Crippen molar-refractivity contribution < 1.29 is 9.72 Å². The molecule has 120 valence electrons. The number of non-ortho nitro benzene ring substituents is 1. The van der Waals surface area contributed by atoms with Gasteiger partial charge in [0.1, 0.15) is 0 Å². The fourth-order valence-electron chi connectivity index (χ4n) is 3.27. The molecule has 0 aromatic heterocycles. The summed E-state index contributed by atoms with van der Waals surface area (Å²) in [6.45, 7) is 3.78. The monoisotopic (exact) mass is 325 g/mol. The fraction of sp³-hybridized carbons (Fsp3) is 0.533. The molecular weight excluding hydrogens is 306 g/mol. The molecule has 0 radical (unpaired) electrons. The van der Waals surface area contributed by atoms with Crippen molar-refractivity contribution in [3.05, 3.63) is 33.9 Å². The lowest BCUT2D eigenvalue weighted by molar-refractivity contribution is -0.384. The Labute approximate surface area is 135 Å². The van der Waals surface area contributed by atoms with E-state index in [-0.39, 0.29) is 35.3 Å². The number of carbonyl (C=O) groups is 1. The maximum atomic E-state index is 12.4. The summed E-state index contributed by atoms with van der Waals surface area (Å²) in [7, 11) is 0. The first-order valence-electron chi connectivity index (χ1n) is 7.28. The minimum Gasteiger partial charge on any atom is -0.325 e. The van der Waals surface area contributed by atoms with Gasteiger partial charge in [0.25, 0.3) is 5.69 Å². The minimum atomic E-state index is -0.444. The number of hydrogen-bond donors (Lipinski definition) is 2. The Morgan fingerprint density at radius 3 is 2.73 bits per heavy atom. The van der Waals surface area contributed by atoms with E-state index < -0.39 is 4.92 Å². The van der Waals surface area contributed by atoms with Gasteiger partial charge in [-0.1, -0.05) is 6.07 Å². The molecule has 1 aliphatic heterocycles. The van der Waals surface area contributed by atoms with Crippen LogP contribution in [0.25, 0.3) is 0 Å². The molecule has 1 aliphatic carbocycles. The van der Waals surface area contributed by atoms with E-state index in [2.05, 4.69) is 10.6 Å². The molecule has 1 atom stereocenters. The summed E-state index contributed by atoms with van der Waals surface area (Å²) >= 11 is 0. The molecule has 6 nitrogen and oxygen atoms in total. The van der Waals surface area contributed by atoms with Gasteiger partial charge in [-0.25, -0.2) is 0 Å². The summed E-state index contributed by atoms with van der Waals surface area (Å²) in [6, 6.07) is 4.56. The number of nitro groups is 1. The molecule has 1 spiro atoms. The van der Waals surface area contributed by atoms with Crippen molar-refractivity contribution in [2.24, 2.45) is 11.3 Å². The number of rotatable bonds is 3. The number of aryl methyl sites for hydroxylation is 1. The summed E-state index contributed by atoms with van der Waals surface area (Å²) in [5.41, 5.74) is 1.56. The van der Waals surface area contributed by atoms with Gasteiger partial charge < -0.3 is 10.6 Å². The number of anilines is 1. The highest BCUT2D eigenvalue weighted by Gasteiger charge is 2.57. The van der Waals surface area contributed by atoms with Gasteiger partial charge in [-0.15, -0.1) is 12.4 Å². The molecule has 22 heavy (non-hydrogen) atoms. The molecule has 2 N–H and O–H groups in total. The van der Waals surface area contributed by atoms with Crippen LogP contribution in [-0.4, -0.2) is 23.9 Å². The van der Waals surface area contributed by atoms with Crippen molar-refractivity contribution in [1.29, 1.82) is 0 Å². The molecule has 1 heterocycles. The molecule has 1 saturated heterocycles. The van der Waals surface area contributed by atoms with Crippen LogP contribution in [0.2, 0.25) is 0 Å². The zero-order valence-corrected chi connectivity index (χ0v) is 13.2. The van der Waals surface area contributed by atoms with Crippen LogP contribution in [0.5, 0.6) is 0 Å². The third-order valence-corrected chi connectivity index (χ3v) is 4.80. The van der Waals surface area contributed by atoms with Crippen LogP contribution in [0.3, 0.4) is 0 Å². The predicted molar refractivity (Wildman–Crippen MR) is 86.4 cm³/mol. The molecule has 1 aromatic rings. The third kappa shape index (κ3) is 3.08. The third-order valence-electron chi connectivity index (χ3n) is 4.80. The Morgan fingerprint density at radius 2 is 2.09 bits per heavy atom. The first kappa shape index (κ1) is 16.7. The smallest absolute Gasteiger partial charge is 0.271 e. The summed E-state index contributed by atoms with van der Waals surface area (Å²) in [5.74, 6) is 0.0544. The van der Waals surface area contributed by atoms with Gasteiger partial charge in [0.15, 0.2) is 0 Å². The molecule has 7 heteroatoms. The van der Waals surface area contributed by atoms with Gasteiger partial charge in [-0.2, -0.15) is 0 Å². The van der Waals surface area contributed by atoms with Crippen LogP contribution in [0, 0.1) is 28.4 Å². The number of halogens is 1. The molecule has 1 unspecified atom stereocenters. The van der Waals surface area contributed by atoms with Crippen molar-refractivity contribution in [2.75, 3.05) is 18.4 Å². The number of nitrogens with zero attached hydrogens (tertiary/aromatic N) is 1. The Balaban J connectivity index is 0.00000176. The number of piperidine rings is 1.